The molecule has 1 heterocycles. The molecule has 3 aliphatic rings. The van der Waals surface area contributed by atoms with Crippen molar-refractivity contribution in [3.8, 4) is 67.5 Å². The van der Waals surface area contributed by atoms with E-state index in [-0.39, 0.29) is 0 Å². The van der Waals surface area contributed by atoms with Crippen LogP contribution in [0.2, 0.25) is 0 Å². The fourth-order valence-corrected chi connectivity index (χ4v) is 12.0. The molecule has 0 radical (unpaired) electrons. The Labute approximate surface area is 383 Å². The average Bonchev–Trinajstić information content (AvgIpc) is 3.86. The van der Waals surface area contributed by atoms with Gasteiger partial charge in [0.15, 0.2) is 17.5 Å². The summed E-state index contributed by atoms with van der Waals surface area (Å²) < 4.78 is 0. The van der Waals surface area contributed by atoms with Gasteiger partial charge in [0.1, 0.15) is 0 Å². The van der Waals surface area contributed by atoms with Gasteiger partial charge in [-0.2, -0.15) is 0 Å². The van der Waals surface area contributed by atoms with Crippen molar-refractivity contribution in [1.29, 1.82) is 0 Å². The van der Waals surface area contributed by atoms with Crippen molar-refractivity contribution < 1.29 is 0 Å². The van der Waals surface area contributed by atoms with Crippen LogP contribution in [0.3, 0.4) is 0 Å². The summed E-state index contributed by atoms with van der Waals surface area (Å²) in [6.07, 6.45) is 0. The first-order chi connectivity index (χ1) is 32.7. The van der Waals surface area contributed by atoms with Crippen molar-refractivity contribution in [3.63, 3.8) is 0 Å². The lowest BCUT2D eigenvalue weighted by Crippen LogP contribution is -2.43. The van der Waals surface area contributed by atoms with Crippen LogP contribution in [-0.4, -0.2) is 15.0 Å². The lowest BCUT2D eigenvalue weighted by atomic mass is 9.52. The number of benzene rings is 10. The monoisotopic (exact) mass is 837 g/mol. The molecule has 66 heavy (non-hydrogen) atoms. The second-order valence-electron chi connectivity index (χ2n) is 17.8. The molecular weight excluding hydrogens is 799 g/mol. The van der Waals surface area contributed by atoms with Gasteiger partial charge >= 0.3 is 0 Å². The molecule has 0 aliphatic heterocycles. The highest BCUT2D eigenvalue weighted by atomic mass is 15.0. The number of fused-ring (bicyclic) bond motifs is 17. The molecule has 10 aromatic carbocycles. The van der Waals surface area contributed by atoms with Crippen LogP contribution in [0.1, 0.15) is 44.5 Å². The summed E-state index contributed by atoms with van der Waals surface area (Å²) in [6, 6.07) is 86.8. The maximum Gasteiger partial charge on any atom is 0.164 e. The molecule has 0 amide bonds. The lowest BCUT2D eigenvalue weighted by Gasteiger charge is -2.49. The Balaban J connectivity index is 1.12. The molecule has 0 saturated heterocycles. The van der Waals surface area contributed by atoms with E-state index in [0.717, 1.165) is 38.6 Å². The first-order valence-corrected chi connectivity index (χ1v) is 22.8. The van der Waals surface area contributed by atoms with Gasteiger partial charge in [0, 0.05) is 16.7 Å². The SMILES string of the molecule is c1ccc(-c2nc(-c3ccccc3)nc(-c3cc4ccccc4cc3-c3ccc4c(c3)C3(c5ccccc5-c5ccccc53)c3ccccc3C43c4ccccc4-c4ccccc43)n2)cc1. The molecule has 0 fully saturated rings. The third-order valence-electron chi connectivity index (χ3n) is 14.6. The van der Waals surface area contributed by atoms with Crippen LogP contribution < -0.4 is 0 Å². The summed E-state index contributed by atoms with van der Waals surface area (Å²) in [6.45, 7) is 0. The summed E-state index contributed by atoms with van der Waals surface area (Å²) in [7, 11) is 0. The summed E-state index contributed by atoms with van der Waals surface area (Å²) in [5.74, 6) is 1.91. The largest absolute Gasteiger partial charge is 0.208 e. The van der Waals surface area contributed by atoms with Crippen LogP contribution in [0.5, 0.6) is 0 Å². The highest BCUT2D eigenvalue weighted by molar-refractivity contribution is 5.98. The molecule has 306 valence electrons. The highest BCUT2D eigenvalue weighted by Gasteiger charge is 2.59. The first-order valence-electron chi connectivity index (χ1n) is 22.8. The fourth-order valence-electron chi connectivity index (χ4n) is 12.0. The molecule has 0 N–H and O–H groups in total. The minimum Gasteiger partial charge on any atom is -0.208 e. The van der Waals surface area contributed by atoms with Gasteiger partial charge in [-0.05, 0) is 107 Å². The van der Waals surface area contributed by atoms with Crippen LogP contribution in [-0.2, 0) is 10.8 Å². The summed E-state index contributed by atoms with van der Waals surface area (Å²) in [5, 5.41) is 2.28. The smallest absolute Gasteiger partial charge is 0.164 e. The zero-order chi connectivity index (χ0) is 43.4. The first kappa shape index (κ1) is 36.9. The number of nitrogens with zero attached hydrogens (tertiary/aromatic N) is 3. The Morgan fingerprint density at radius 2 is 0.561 bits per heavy atom. The number of rotatable bonds is 4. The third-order valence-corrected chi connectivity index (χ3v) is 14.6. The van der Waals surface area contributed by atoms with E-state index in [1.807, 2.05) is 36.4 Å². The normalized spacial score (nSPS) is 14.0. The van der Waals surface area contributed by atoms with E-state index in [1.54, 1.807) is 0 Å². The second kappa shape index (κ2) is 14.0. The standard InChI is InChI=1S/C63H39N3/c1-3-19-40(20-4-1)59-64-60(41-21-5-2-6-22-41)66-61(65-59)50-38-43-24-8-7-23-42(43)37-49(50)44-35-36-57-58(39-44)63(53-31-15-11-27-47(53)48-28-12-16-32-54(48)63)56-34-18-17-33-55(56)62(57)51-29-13-9-25-45(51)46-26-10-14-30-52(46)62/h1-39H. The number of hydrogen-bond donors (Lipinski definition) is 0. The minimum absolute atomic E-state index is 0.565. The predicted octanol–water partition coefficient (Wildman–Crippen LogP) is 14.7. The van der Waals surface area contributed by atoms with Gasteiger partial charge in [-0.15, -0.1) is 0 Å². The van der Waals surface area contributed by atoms with Gasteiger partial charge < -0.3 is 0 Å². The van der Waals surface area contributed by atoms with Crippen LogP contribution in [0.4, 0.5) is 0 Å². The number of aromatic nitrogens is 3. The fraction of sp³-hybridized carbons (Fsp3) is 0.0317. The topological polar surface area (TPSA) is 38.7 Å². The van der Waals surface area contributed by atoms with E-state index in [1.165, 1.54) is 66.8 Å². The van der Waals surface area contributed by atoms with E-state index in [0.29, 0.717) is 17.5 Å². The molecule has 11 aromatic rings. The van der Waals surface area contributed by atoms with E-state index >= 15 is 0 Å². The van der Waals surface area contributed by atoms with Crippen molar-refractivity contribution in [1.82, 2.24) is 15.0 Å². The van der Waals surface area contributed by atoms with Gasteiger partial charge in [-0.1, -0.05) is 218 Å². The minimum atomic E-state index is -0.613. The molecule has 3 heteroatoms. The predicted molar refractivity (Wildman–Crippen MR) is 267 cm³/mol. The quantitative estimate of drug-likeness (QED) is 0.177. The zero-order valence-electron chi connectivity index (χ0n) is 35.9. The molecule has 0 saturated carbocycles. The second-order valence-corrected chi connectivity index (χ2v) is 17.8. The van der Waals surface area contributed by atoms with Gasteiger partial charge in [0.2, 0.25) is 0 Å². The van der Waals surface area contributed by atoms with Crippen molar-refractivity contribution in [2.45, 2.75) is 10.8 Å². The Kier molecular flexibility index (Phi) is 7.82. The maximum absolute atomic E-state index is 5.33. The van der Waals surface area contributed by atoms with Gasteiger partial charge in [0.05, 0.1) is 10.8 Å². The summed E-state index contributed by atoms with van der Waals surface area (Å²) >= 11 is 0. The lowest BCUT2D eigenvalue weighted by molar-refractivity contribution is 0.633. The van der Waals surface area contributed by atoms with E-state index < -0.39 is 10.8 Å². The van der Waals surface area contributed by atoms with Gasteiger partial charge in [0.25, 0.3) is 0 Å². The molecular formula is C63H39N3. The van der Waals surface area contributed by atoms with E-state index in [4.69, 9.17) is 15.0 Å². The Hall–Kier alpha value is -8.53. The molecule has 1 aromatic heterocycles. The van der Waals surface area contributed by atoms with Crippen LogP contribution >= 0.6 is 0 Å². The zero-order valence-corrected chi connectivity index (χ0v) is 35.9. The third kappa shape index (κ3) is 4.94. The summed E-state index contributed by atoms with van der Waals surface area (Å²) in [4.78, 5) is 15.7. The molecule has 0 atom stereocenters. The molecule has 2 spiro atoms. The summed E-state index contributed by atoms with van der Waals surface area (Å²) in [5.41, 5.74) is 19.4. The van der Waals surface area contributed by atoms with Crippen LogP contribution in [0, 0.1) is 0 Å². The Bertz CT molecular complexity index is 3630. The molecule has 0 bridgehead atoms. The van der Waals surface area contributed by atoms with Gasteiger partial charge in [-0.3, -0.25) is 0 Å². The van der Waals surface area contributed by atoms with Crippen LogP contribution in [0.15, 0.2) is 237 Å². The van der Waals surface area contributed by atoms with Crippen molar-refractivity contribution in [2.75, 3.05) is 0 Å². The molecule has 14 rings (SSSR count). The van der Waals surface area contributed by atoms with Crippen molar-refractivity contribution in [2.24, 2.45) is 0 Å². The van der Waals surface area contributed by atoms with E-state index in [9.17, 15) is 0 Å². The Morgan fingerprint density at radius 3 is 1.03 bits per heavy atom. The molecule has 3 nitrogen and oxygen atoms in total. The van der Waals surface area contributed by atoms with Crippen molar-refractivity contribution >= 4 is 10.8 Å². The molecule has 0 unspecified atom stereocenters. The highest BCUT2D eigenvalue weighted by Crippen LogP contribution is 2.67. The van der Waals surface area contributed by atoms with E-state index in [2.05, 4.69) is 200 Å². The van der Waals surface area contributed by atoms with Gasteiger partial charge in [-0.25, -0.2) is 15.0 Å². The average molecular weight is 838 g/mol. The van der Waals surface area contributed by atoms with Crippen molar-refractivity contribution in [3.05, 3.63) is 281 Å². The van der Waals surface area contributed by atoms with Crippen LogP contribution in [0.25, 0.3) is 78.3 Å². The maximum atomic E-state index is 5.33. The number of hydrogen-bond acceptors (Lipinski definition) is 3. The Morgan fingerprint density at radius 1 is 0.212 bits per heavy atom. The molecule has 3 aliphatic carbocycles.